The van der Waals surface area contributed by atoms with Gasteiger partial charge in [0.15, 0.2) is 6.61 Å². The molecule has 0 radical (unpaired) electrons. The highest BCUT2D eigenvalue weighted by atomic mass is 79.9. The molecule has 2 rings (SSSR count). The SMILES string of the molecule is CC(C)NC(=O)c1ccccc1NC(=O)CO/N=C/c1ccc(Br)cc1. The molecule has 2 aromatic carbocycles. The van der Waals surface area contributed by atoms with Crippen molar-refractivity contribution in [1.82, 2.24) is 5.32 Å². The standard InChI is InChI=1S/C19H20BrN3O3/c1-13(2)22-19(25)16-5-3-4-6-17(16)23-18(24)12-26-21-11-14-7-9-15(20)10-8-14/h3-11,13H,12H2,1-2H3,(H,22,25)(H,23,24)/b21-11+. The zero-order valence-corrected chi connectivity index (χ0v) is 16.1. The maximum absolute atomic E-state index is 12.2. The molecule has 0 aliphatic heterocycles. The van der Waals surface area contributed by atoms with Crippen LogP contribution in [-0.2, 0) is 9.63 Å². The molecule has 0 saturated heterocycles. The van der Waals surface area contributed by atoms with Crippen molar-refractivity contribution in [2.75, 3.05) is 11.9 Å². The first-order chi connectivity index (χ1) is 12.5. The van der Waals surface area contributed by atoms with Crippen LogP contribution in [0.5, 0.6) is 0 Å². The topological polar surface area (TPSA) is 79.8 Å². The predicted octanol–water partition coefficient (Wildman–Crippen LogP) is 3.58. The Labute approximate surface area is 160 Å². The summed E-state index contributed by atoms with van der Waals surface area (Å²) in [5, 5.41) is 9.23. The maximum atomic E-state index is 12.2. The lowest BCUT2D eigenvalue weighted by Gasteiger charge is -2.12. The van der Waals surface area contributed by atoms with Crippen LogP contribution in [0.2, 0.25) is 0 Å². The number of halogens is 1. The molecule has 136 valence electrons. The van der Waals surface area contributed by atoms with Crippen LogP contribution < -0.4 is 10.6 Å². The first kappa shape index (κ1) is 19.7. The summed E-state index contributed by atoms with van der Waals surface area (Å²) in [6.07, 6.45) is 1.52. The van der Waals surface area contributed by atoms with E-state index < -0.39 is 5.91 Å². The Kier molecular flexibility index (Phi) is 7.35. The second kappa shape index (κ2) is 9.72. The van der Waals surface area contributed by atoms with Crippen LogP contribution in [-0.4, -0.2) is 30.7 Å². The first-order valence-electron chi connectivity index (χ1n) is 8.06. The molecule has 0 bridgehead atoms. The number of benzene rings is 2. The van der Waals surface area contributed by atoms with Crippen molar-refractivity contribution in [3.63, 3.8) is 0 Å². The molecule has 6 nitrogen and oxygen atoms in total. The molecule has 0 atom stereocenters. The van der Waals surface area contributed by atoms with Gasteiger partial charge in [-0.15, -0.1) is 0 Å². The van der Waals surface area contributed by atoms with Gasteiger partial charge in [0.1, 0.15) is 0 Å². The molecular weight excluding hydrogens is 398 g/mol. The lowest BCUT2D eigenvalue weighted by molar-refractivity contribution is -0.120. The number of anilines is 1. The van der Waals surface area contributed by atoms with Crippen molar-refractivity contribution in [1.29, 1.82) is 0 Å². The van der Waals surface area contributed by atoms with Crippen LogP contribution >= 0.6 is 15.9 Å². The van der Waals surface area contributed by atoms with Crippen molar-refractivity contribution in [3.8, 4) is 0 Å². The fraction of sp³-hybridized carbons (Fsp3) is 0.211. The number of nitrogens with one attached hydrogen (secondary N) is 2. The van der Waals surface area contributed by atoms with Gasteiger partial charge in [0.25, 0.3) is 11.8 Å². The number of carbonyl (C=O) groups is 2. The molecular formula is C19H20BrN3O3. The van der Waals surface area contributed by atoms with Crippen LogP contribution in [0.15, 0.2) is 58.2 Å². The predicted molar refractivity (Wildman–Crippen MR) is 105 cm³/mol. The molecule has 26 heavy (non-hydrogen) atoms. The monoisotopic (exact) mass is 417 g/mol. The summed E-state index contributed by atoms with van der Waals surface area (Å²) in [5.41, 5.74) is 1.67. The van der Waals surface area contributed by atoms with Crippen molar-refractivity contribution in [2.45, 2.75) is 19.9 Å². The summed E-state index contributed by atoms with van der Waals surface area (Å²) < 4.78 is 0.968. The molecule has 0 aliphatic rings. The van der Waals surface area contributed by atoms with Gasteiger partial charge in [-0.3, -0.25) is 9.59 Å². The third-order valence-electron chi connectivity index (χ3n) is 3.21. The Morgan fingerprint density at radius 1 is 1.15 bits per heavy atom. The van der Waals surface area contributed by atoms with Gasteiger partial charge in [-0.05, 0) is 43.7 Å². The molecule has 0 saturated carbocycles. The molecule has 0 heterocycles. The van der Waals surface area contributed by atoms with Gasteiger partial charge in [0.2, 0.25) is 0 Å². The highest BCUT2D eigenvalue weighted by Gasteiger charge is 2.13. The highest BCUT2D eigenvalue weighted by molar-refractivity contribution is 9.10. The Balaban J connectivity index is 1.89. The normalized spacial score (nSPS) is 10.8. The van der Waals surface area contributed by atoms with E-state index in [0.717, 1.165) is 10.0 Å². The Bertz CT molecular complexity index is 789. The van der Waals surface area contributed by atoms with E-state index in [4.69, 9.17) is 4.84 Å². The maximum Gasteiger partial charge on any atom is 0.265 e. The van der Waals surface area contributed by atoms with E-state index >= 15 is 0 Å². The Hall–Kier alpha value is -2.67. The van der Waals surface area contributed by atoms with E-state index in [2.05, 4.69) is 31.7 Å². The van der Waals surface area contributed by atoms with Crippen molar-refractivity contribution in [2.24, 2.45) is 5.16 Å². The van der Waals surface area contributed by atoms with E-state index in [1.165, 1.54) is 6.21 Å². The number of hydrogen-bond donors (Lipinski definition) is 2. The first-order valence-corrected chi connectivity index (χ1v) is 8.85. The Morgan fingerprint density at radius 3 is 2.54 bits per heavy atom. The second-order valence-electron chi connectivity index (χ2n) is 5.78. The zero-order chi connectivity index (χ0) is 18.9. The molecule has 2 aromatic rings. The number of hydrogen-bond acceptors (Lipinski definition) is 4. The van der Waals surface area contributed by atoms with Gasteiger partial charge in [0.05, 0.1) is 17.5 Å². The van der Waals surface area contributed by atoms with Crippen molar-refractivity contribution in [3.05, 3.63) is 64.1 Å². The number of rotatable bonds is 7. The number of nitrogens with zero attached hydrogens (tertiary/aromatic N) is 1. The van der Waals surface area contributed by atoms with Crippen LogP contribution in [0.1, 0.15) is 29.8 Å². The van der Waals surface area contributed by atoms with E-state index in [9.17, 15) is 9.59 Å². The average Bonchev–Trinajstić information content (AvgIpc) is 2.60. The van der Waals surface area contributed by atoms with Crippen LogP contribution in [0.25, 0.3) is 0 Å². The van der Waals surface area contributed by atoms with E-state index in [0.29, 0.717) is 11.3 Å². The fourth-order valence-electron chi connectivity index (χ4n) is 2.06. The smallest absolute Gasteiger partial charge is 0.265 e. The minimum atomic E-state index is -0.400. The largest absolute Gasteiger partial charge is 0.386 e. The molecule has 0 fully saturated rings. The van der Waals surface area contributed by atoms with Crippen LogP contribution in [0.4, 0.5) is 5.69 Å². The summed E-state index contributed by atoms with van der Waals surface area (Å²) >= 11 is 3.35. The minimum Gasteiger partial charge on any atom is -0.386 e. The van der Waals surface area contributed by atoms with Crippen LogP contribution in [0.3, 0.4) is 0 Å². The molecule has 0 aromatic heterocycles. The summed E-state index contributed by atoms with van der Waals surface area (Å²) in [7, 11) is 0. The fourth-order valence-corrected chi connectivity index (χ4v) is 2.32. The molecule has 0 unspecified atom stereocenters. The quantitative estimate of drug-likeness (QED) is 0.533. The van der Waals surface area contributed by atoms with Gasteiger partial charge in [-0.1, -0.05) is 45.4 Å². The number of amides is 2. The summed E-state index contributed by atoms with van der Waals surface area (Å²) in [6.45, 7) is 3.49. The lowest BCUT2D eigenvalue weighted by Crippen LogP contribution is -2.31. The number of para-hydroxylation sites is 1. The summed E-state index contributed by atoms with van der Waals surface area (Å²) in [6, 6.07) is 14.3. The number of carbonyl (C=O) groups excluding carboxylic acids is 2. The molecule has 2 N–H and O–H groups in total. The zero-order valence-electron chi connectivity index (χ0n) is 14.5. The summed E-state index contributed by atoms with van der Waals surface area (Å²) in [4.78, 5) is 29.2. The molecule has 2 amide bonds. The second-order valence-corrected chi connectivity index (χ2v) is 6.70. The lowest BCUT2D eigenvalue weighted by atomic mass is 10.1. The van der Waals surface area contributed by atoms with Crippen molar-refractivity contribution >= 4 is 39.6 Å². The average molecular weight is 418 g/mol. The molecule has 0 spiro atoms. The van der Waals surface area contributed by atoms with Gasteiger partial charge in [-0.2, -0.15) is 0 Å². The summed E-state index contributed by atoms with van der Waals surface area (Å²) in [5.74, 6) is -0.646. The van der Waals surface area contributed by atoms with E-state index in [1.54, 1.807) is 24.3 Å². The molecule has 7 heteroatoms. The van der Waals surface area contributed by atoms with Gasteiger partial charge in [0, 0.05) is 10.5 Å². The highest BCUT2D eigenvalue weighted by Crippen LogP contribution is 2.15. The Morgan fingerprint density at radius 2 is 1.85 bits per heavy atom. The van der Waals surface area contributed by atoms with Gasteiger partial charge >= 0.3 is 0 Å². The van der Waals surface area contributed by atoms with Gasteiger partial charge in [-0.25, -0.2) is 0 Å². The third-order valence-corrected chi connectivity index (χ3v) is 3.74. The molecule has 0 aliphatic carbocycles. The van der Waals surface area contributed by atoms with E-state index in [1.807, 2.05) is 38.1 Å². The van der Waals surface area contributed by atoms with E-state index in [-0.39, 0.29) is 18.6 Å². The third kappa shape index (κ3) is 6.33. The van der Waals surface area contributed by atoms with Crippen LogP contribution in [0, 0.1) is 0 Å². The van der Waals surface area contributed by atoms with Crippen molar-refractivity contribution < 1.29 is 14.4 Å². The minimum absolute atomic E-state index is 0.00235. The van der Waals surface area contributed by atoms with Gasteiger partial charge < -0.3 is 15.5 Å². The number of oxime groups is 1.